The molecule has 1 aliphatic heterocycles. The van der Waals surface area contributed by atoms with Crippen LogP contribution in [0.3, 0.4) is 0 Å². The Morgan fingerprint density at radius 3 is 2.50 bits per heavy atom. The van der Waals surface area contributed by atoms with Crippen LogP contribution in [0.2, 0.25) is 0 Å². The van der Waals surface area contributed by atoms with Crippen molar-refractivity contribution in [2.75, 3.05) is 18.0 Å². The Kier molecular flexibility index (Phi) is 2.18. The molecular formula is C12H13ClN2O. The topological polar surface area (TPSA) is 33.2 Å². The number of carbonyl (C=O) groups excluding carboxylic acids is 1. The van der Waals surface area contributed by atoms with Gasteiger partial charge in [0.1, 0.15) is 5.82 Å². The first-order chi connectivity index (χ1) is 7.72. The molecule has 0 unspecified atom stereocenters. The van der Waals surface area contributed by atoms with Crippen LogP contribution in [0.5, 0.6) is 0 Å². The summed E-state index contributed by atoms with van der Waals surface area (Å²) in [5, 5.41) is -0.244. The summed E-state index contributed by atoms with van der Waals surface area (Å²) in [5.74, 6) is 1.01. The second-order valence-corrected chi connectivity index (χ2v) is 4.94. The molecule has 2 aliphatic rings. The van der Waals surface area contributed by atoms with Crippen LogP contribution in [-0.4, -0.2) is 23.3 Å². The largest absolute Gasteiger partial charge is 0.356 e. The van der Waals surface area contributed by atoms with Gasteiger partial charge in [0.05, 0.1) is 5.41 Å². The molecule has 0 atom stereocenters. The van der Waals surface area contributed by atoms with E-state index in [0.717, 1.165) is 37.3 Å². The number of hydrogen-bond donors (Lipinski definition) is 0. The van der Waals surface area contributed by atoms with E-state index in [4.69, 9.17) is 11.6 Å². The Balaban J connectivity index is 1.85. The standard InChI is InChI=1S/C12H13ClN2O/c13-11(16)12(4-5-12)9-2-3-10(14-8-9)15-6-1-7-15/h2-3,8H,1,4-7H2. The molecule has 1 aliphatic carbocycles. The average Bonchev–Trinajstić information content (AvgIpc) is 2.97. The van der Waals surface area contributed by atoms with Gasteiger partial charge in [-0.2, -0.15) is 0 Å². The number of pyridine rings is 1. The van der Waals surface area contributed by atoms with Crippen LogP contribution < -0.4 is 4.90 Å². The summed E-state index contributed by atoms with van der Waals surface area (Å²) in [4.78, 5) is 18.0. The van der Waals surface area contributed by atoms with E-state index in [1.54, 1.807) is 6.20 Å². The smallest absolute Gasteiger partial charge is 0.232 e. The number of halogens is 1. The van der Waals surface area contributed by atoms with Crippen molar-refractivity contribution in [1.29, 1.82) is 0 Å². The SMILES string of the molecule is O=C(Cl)C1(c2ccc(N3CCC3)nc2)CC1. The molecule has 0 amide bonds. The van der Waals surface area contributed by atoms with Crippen molar-refractivity contribution < 1.29 is 4.79 Å². The van der Waals surface area contributed by atoms with Crippen molar-refractivity contribution in [3.05, 3.63) is 23.9 Å². The zero-order chi connectivity index (χ0) is 11.2. The molecule has 16 heavy (non-hydrogen) atoms. The van der Waals surface area contributed by atoms with Crippen LogP contribution in [0.1, 0.15) is 24.8 Å². The van der Waals surface area contributed by atoms with Crippen molar-refractivity contribution in [3.8, 4) is 0 Å². The predicted molar refractivity (Wildman–Crippen MR) is 62.8 cm³/mol. The molecule has 4 heteroatoms. The molecular weight excluding hydrogens is 224 g/mol. The highest BCUT2D eigenvalue weighted by Gasteiger charge is 2.50. The summed E-state index contributed by atoms with van der Waals surface area (Å²) in [6, 6.07) is 3.99. The lowest BCUT2D eigenvalue weighted by molar-refractivity contribution is -0.113. The van der Waals surface area contributed by atoms with Gasteiger partial charge in [-0.05, 0) is 42.5 Å². The lowest BCUT2D eigenvalue weighted by Gasteiger charge is -2.32. The molecule has 1 saturated heterocycles. The third-order valence-electron chi connectivity index (χ3n) is 3.61. The second kappa shape index (κ2) is 3.45. The van der Waals surface area contributed by atoms with Gasteiger partial charge >= 0.3 is 0 Å². The molecule has 0 aromatic carbocycles. The summed E-state index contributed by atoms with van der Waals surface area (Å²) in [6.45, 7) is 2.18. The third kappa shape index (κ3) is 1.42. The number of carbonyl (C=O) groups is 1. The Hall–Kier alpha value is -1.09. The molecule has 3 rings (SSSR count). The third-order valence-corrected chi connectivity index (χ3v) is 3.97. The summed E-state index contributed by atoms with van der Waals surface area (Å²) in [7, 11) is 0. The van der Waals surface area contributed by atoms with Gasteiger partial charge in [-0.1, -0.05) is 6.07 Å². The van der Waals surface area contributed by atoms with Crippen LogP contribution in [0.25, 0.3) is 0 Å². The van der Waals surface area contributed by atoms with Gasteiger partial charge in [-0.15, -0.1) is 0 Å². The first kappa shape index (κ1) is 10.1. The lowest BCUT2D eigenvalue weighted by Crippen LogP contribution is -2.37. The number of rotatable bonds is 3. The molecule has 0 N–H and O–H groups in total. The van der Waals surface area contributed by atoms with Gasteiger partial charge in [0.15, 0.2) is 0 Å². The Morgan fingerprint density at radius 1 is 1.38 bits per heavy atom. The van der Waals surface area contributed by atoms with E-state index < -0.39 is 5.41 Å². The average molecular weight is 237 g/mol. The highest BCUT2D eigenvalue weighted by molar-refractivity contribution is 6.66. The van der Waals surface area contributed by atoms with Gasteiger partial charge in [0, 0.05) is 19.3 Å². The maximum atomic E-state index is 11.3. The number of hydrogen-bond acceptors (Lipinski definition) is 3. The van der Waals surface area contributed by atoms with Crippen molar-refractivity contribution in [2.45, 2.75) is 24.7 Å². The van der Waals surface area contributed by atoms with Crippen LogP contribution >= 0.6 is 11.6 Å². The van der Waals surface area contributed by atoms with E-state index in [2.05, 4.69) is 9.88 Å². The van der Waals surface area contributed by atoms with E-state index in [-0.39, 0.29) is 5.24 Å². The van der Waals surface area contributed by atoms with Gasteiger partial charge < -0.3 is 4.90 Å². The highest BCUT2D eigenvalue weighted by Crippen LogP contribution is 2.49. The first-order valence-corrected chi connectivity index (χ1v) is 6.02. The summed E-state index contributed by atoms with van der Waals surface area (Å²) in [6.07, 6.45) is 4.77. The highest BCUT2D eigenvalue weighted by atomic mass is 35.5. The van der Waals surface area contributed by atoms with Crippen LogP contribution in [-0.2, 0) is 10.2 Å². The van der Waals surface area contributed by atoms with Crippen molar-refractivity contribution in [2.24, 2.45) is 0 Å². The van der Waals surface area contributed by atoms with E-state index >= 15 is 0 Å². The van der Waals surface area contributed by atoms with Gasteiger partial charge in [-0.25, -0.2) is 4.98 Å². The van der Waals surface area contributed by atoms with Gasteiger partial charge in [-0.3, -0.25) is 4.79 Å². The normalized spacial score (nSPS) is 21.4. The number of anilines is 1. The van der Waals surface area contributed by atoms with Crippen LogP contribution in [0.4, 0.5) is 5.82 Å². The molecule has 2 fully saturated rings. The van der Waals surface area contributed by atoms with Crippen LogP contribution in [0.15, 0.2) is 18.3 Å². The Morgan fingerprint density at radius 2 is 2.12 bits per heavy atom. The molecule has 1 saturated carbocycles. The fourth-order valence-corrected chi connectivity index (χ4v) is 2.42. The number of nitrogens with zero attached hydrogens (tertiary/aromatic N) is 2. The predicted octanol–water partition coefficient (Wildman–Crippen LogP) is 2.09. The molecule has 2 heterocycles. The lowest BCUT2D eigenvalue weighted by atomic mass is 9.99. The maximum absolute atomic E-state index is 11.3. The van der Waals surface area contributed by atoms with Crippen molar-refractivity contribution >= 4 is 22.7 Å². The minimum absolute atomic E-state index is 0.244. The molecule has 84 valence electrons. The molecule has 3 nitrogen and oxygen atoms in total. The molecule has 1 aromatic rings. The van der Waals surface area contributed by atoms with Crippen LogP contribution in [0, 0.1) is 0 Å². The fourth-order valence-electron chi connectivity index (χ4n) is 2.13. The van der Waals surface area contributed by atoms with E-state index in [0.29, 0.717) is 0 Å². The van der Waals surface area contributed by atoms with E-state index in [1.807, 2.05) is 12.1 Å². The zero-order valence-electron chi connectivity index (χ0n) is 8.95. The minimum Gasteiger partial charge on any atom is -0.356 e. The van der Waals surface area contributed by atoms with E-state index in [9.17, 15) is 4.79 Å². The molecule has 0 bridgehead atoms. The maximum Gasteiger partial charge on any atom is 0.232 e. The van der Waals surface area contributed by atoms with Crippen molar-refractivity contribution in [3.63, 3.8) is 0 Å². The van der Waals surface area contributed by atoms with E-state index in [1.165, 1.54) is 6.42 Å². The van der Waals surface area contributed by atoms with Crippen molar-refractivity contribution in [1.82, 2.24) is 4.98 Å². The summed E-state index contributed by atoms with van der Waals surface area (Å²) >= 11 is 5.63. The fraction of sp³-hybridized carbons (Fsp3) is 0.500. The minimum atomic E-state index is -0.415. The Bertz CT molecular complexity index is 421. The summed E-state index contributed by atoms with van der Waals surface area (Å²) < 4.78 is 0. The monoisotopic (exact) mass is 236 g/mol. The van der Waals surface area contributed by atoms with Gasteiger partial charge in [0.25, 0.3) is 0 Å². The Labute approximate surface area is 99.4 Å². The quantitative estimate of drug-likeness (QED) is 0.754. The molecule has 0 radical (unpaired) electrons. The first-order valence-electron chi connectivity index (χ1n) is 5.64. The zero-order valence-corrected chi connectivity index (χ0v) is 9.70. The molecule has 0 spiro atoms. The molecule has 1 aromatic heterocycles. The summed E-state index contributed by atoms with van der Waals surface area (Å²) in [5.41, 5.74) is 0.555. The second-order valence-electron chi connectivity index (χ2n) is 4.60. The van der Waals surface area contributed by atoms with Gasteiger partial charge in [0.2, 0.25) is 5.24 Å². The number of aromatic nitrogens is 1.